The maximum Gasteiger partial charge on any atom is 0.0207 e. The van der Waals surface area contributed by atoms with E-state index < -0.39 is 0 Å². The molecule has 1 heteroatoms. The Labute approximate surface area is 43.9 Å². The van der Waals surface area contributed by atoms with Crippen LogP contribution >= 0.6 is 0 Å². The number of hydrogen-bond acceptors (Lipinski definition) is 1. The van der Waals surface area contributed by atoms with Gasteiger partial charge in [-0.05, 0) is 12.0 Å². The van der Waals surface area contributed by atoms with Gasteiger partial charge in [-0.15, -0.1) is 6.58 Å². The van der Waals surface area contributed by atoms with Crippen LogP contribution in [0.2, 0.25) is 0 Å². The first-order valence-electron chi connectivity index (χ1n) is 2.10. The topological polar surface area (TPSA) is 23.9 Å². The van der Waals surface area contributed by atoms with Crippen molar-refractivity contribution in [3.63, 3.8) is 0 Å². The lowest BCUT2D eigenvalue weighted by Crippen LogP contribution is -1.74. The van der Waals surface area contributed by atoms with Crippen molar-refractivity contribution in [2.24, 2.45) is 0 Å². The van der Waals surface area contributed by atoms with Crippen LogP contribution in [0.3, 0.4) is 0 Å². The molecule has 0 rings (SSSR count). The highest BCUT2D eigenvalue weighted by atomic mass is 14.3. The van der Waals surface area contributed by atoms with Gasteiger partial charge in [-0.2, -0.15) is 0 Å². The van der Waals surface area contributed by atoms with Crippen molar-refractivity contribution in [2.45, 2.75) is 6.42 Å². The van der Waals surface area contributed by atoms with Crippen molar-refractivity contribution in [3.8, 4) is 0 Å². The van der Waals surface area contributed by atoms with Gasteiger partial charge in [-0.1, -0.05) is 12.7 Å². The third-order valence-corrected chi connectivity index (χ3v) is 0.611. The minimum Gasteiger partial charge on any atom is -0.308 e. The molecule has 7 heavy (non-hydrogen) atoms. The van der Waals surface area contributed by atoms with Gasteiger partial charge in [-0.3, -0.25) is 0 Å². The Hall–Kier alpha value is -0.850. The SMILES string of the molecule is C=CCC(=C)C=N. The predicted octanol–water partition coefficient (Wildman–Crippen LogP) is 1.77. The molecule has 0 saturated carbocycles. The lowest BCUT2D eigenvalue weighted by molar-refractivity contribution is 1.34. The molecule has 0 aliphatic carbocycles. The second-order valence-corrected chi connectivity index (χ2v) is 1.30. The molecule has 0 fully saturated rings. The van der Waals surface area contributed by atoms with E-state index in [1.165, 1.54) is 6.21 Å². The molecule has 1 N–H and O–H groups in total. The summed E-state index contributed by atoms with van der Waals surface area (Å²) < 4.78 is 0. The second-order valence-electron chi connectivity index (χ2n) is 1.30. The summed E-state index contributed by atoms with van der Waals surface area (Å²) in [6.45, 7) is 7.03. The molecular formula is C6H9N. The third-order valence-electron chi connectivity index (χ3n) is 0.611. The summed E-state index contributed by atoms with van der Waals surface area (Å²) in [4.78, 5) is 0. The number of hydrogen-bond donors (Lipinski definition) is 1. The quantitative estimate of drug-likeness (QED) is 0.408. The van der Waals surface area contributed by atoms with Crippen LogP contribution in [0.25, 0.3) is 0 Å². The Morgan fingerprint density at radius 3 is 2.43 bits per heavy atom. The molecule has 0 aliphatic rings. The van der Waals surface area contributed by atoms with Crippen LogP contribution in [0.5, 0.6) is 0 Å². The average molecular weight is 95.1 g/mol. The molecule has 0 heterocycles. The molecule has 38 valence electrons. The Balaban J connectivity index is 3.36. The van der Waals surface area contributed by atoms with Crippen LogP contribution in [0, 0.1) is 5.41 Å². The fourth-order valence-corrected chi connectivity index (χ4v) is 0.244. The lowest BCUT2D eigenvalue weighted by Gasteiger charge is -1.84. The van der Waals surface area contributed by atoms with E-state index in [2.05, 4.69) is 13.2 Å². The minimum absolute atomic E-state index is 0.726. The van der Waals surface area contributed by atoms with Gasteiger partial charge in [-0.25, -0.2) is 0 Å². The van der Waals surface area contributed by atoms with E-state index in [9.17, 15) is 0 Å². The van der Waals surface area contributed by atoms with Gasteiger partial charge in [0.1, 0.15) is 0 Å². The molecule has 0 aromatic rings. The number of allylic oxidation sites excluding steroid dienone is 2. The third kappa shape index (κ3) is 2.97. The van der Waals surface area contributed by atoms with Crippen LogP contribution in [-0.4, -0.2) is 6.21 Å². The highest BCUT2D eigenvalue weighted by molar-refractivity contribution is 5.74. The van der Waals surface area contributed by atoms with E-state index in [4.69, 9.17) is 5.41 Å². The van der Waals surface area contributed by atoms with Gasteiger partial charge >= 0.3 is 0 Å². The van der Waals surface area contributed by atoms with Gasteiger partial charge in [0, 0.05) is 6.21 Å². The fourth-order valence-electron chi connectivity index (χ4n) is 0.244. The predicted molar refractivity (Wildman–Crippen MR) is 32.7 cm³/mol. The van der Waals surface area contributed by atoms with Crippen LogP contribution < -0.4 is 0 Å². The number of rotatable bonds is 3. The summed E-state index contributed by atoms with van der Waals surface area (Å²) in [5, 5.41) is 6.64. The zero-order valence-electron chi connectivity index (χ0n) is 4.28. The first-order chi connectivity index (χ1) is 3.31. The van der Waals surface area contributed by atoms with Crippen molar-refractivity contribution in [2.75, 3.05) is 0 Å². The second kappa shape index (κ2) is 3.34. The van der Waals surface area contributed by atoms with Crippen molar-refractivity contribution in [1.29, 1.82) is 5.41 Å². The molecule has 0 spiro atoms. The molecule has 0 bridgehead atoms. The molecule has 1 nitrogen and oxygen atoms in total. The molecule has 0 radical (unpaired) electrons. The van der Waals surface area contributed by atoms with Gasteiger partial charge < -0.3 is 5.41 Å². The van der Waals surface area contributed by atoms with Gasteiger partial charge in [0.05, 0.1) is 0 Å². The van der Waals surface area contributed by atoms with Crippen molar-refractivity contribution in [1.82, 2.24) is 0 Å². The summed E-state index contributed by atoms with van der Waals surface area (Å²) in [7, 11) is 0. The monoisotopic (exact) mass is 95.1 g/mol. The van der Waals surface area contributed by atoms with Crippen LogP contribution in [0.4, 0.5) is 0 Å². The summed E-state index contributed by atoms with van der Waals surface area (Å²) in [5.74, 6) is 0. The Bertz CT molecular complexity index is 92.4. The van der Waals surface area contributed by atoms with E-state index >= 15 is 0 Å². The lowest BCUT2D eigenvalue weighted by atomic mass is 10.2. The van der Waals surface area contributed by atoms with Crippen molar-refractivity contribution >= 4 is 6.21 Å². The summed E-state index contributed by atoms with van der Waals surface area (Å²) in [5.41, 5.74) is 0.801. The highest BCUT2D eigenvalue weighted by Gasteiger charge is 1.77. The summed E-state index contributed by atoms with van der Waals surface area (Å²) in [6, 6.07) is 0. The molecular weight excluding hydrogens is 86.1 g/mol. The molecule has 0 saturated heterocycles. The molecule has 0 amide bonds. The van der Waals surface area contributed by atoms with Gasteiger partial charge in [0.25, 0.3) is 0 Å². The van der Waals surface area contributed by atoms with Crippen LogP contribution in [0.15, 0.2) is 24.8 Å². The number of nitrogens with one attached hydrogen (secondary N) is 1. The summed E-state index contributed by atoms with van der Waals surface area (Å²) in [6.07, 6.45) is 3.69. The highest BCUT2D eigenvalue weighted by Crippen LogP contribution is 1.90. The van der Waals surface area contributed by atoms with E-state index in [1.807, 2.05) is 0 Å². The van der Waals surface area contributed by atoms with E-state index in [1.54, 1.807) is 6.08 Å². The fraction of sp³-hybridized carbons (Fsp3) is 0.167. The molecule has 0 aromatic carbocycles. The Kier molecular flexibility index (Phi) is 2.94. The standard InChI is InChI=1S/C6H9N/c1-3-4-6(2)5-7/h3,5,7H,1-2,4H2. The molecule has 0 aromatic heterocycles. The zero-order valence-corrected chi connectivity index (χ0v) is 4.28. The average Bonchev–Trinajstić information content (AvgIpc) is 1.68. The zero-order chi connectivity index (χ0) is 5.70. The molecule has 0 aliphatic heterocycles. The maximum absolute atomic E-state index is 6.64. The maximum atomic E-state index is 6.64. The van der Waals surface area contributed by atoms with Crippen LogP contribution in [-0.2, 0) is 0 Å². The largest absolute Gasteiger partial charge is 0.308 e. The van der Waals surface area contributed by atoms with Crippen molar-refractivity contribution < 1.29 is 0 Å². The van der Waals surface area contributed by atoms with E-state index in [0.717, 1.165) is 12.0 Å². The molecule has 0 unspecified atom stereocenters. The van der Waals surface area contributed by atoms with Crippen LogP contribution in [0.1, 0.15) is 6.42 Å². The van der Waals surface area contributed by atoms with Gasteiger partial charge in [0.15, 0.2) is 0 Å². The van der Waals surface area contributed by atoms with E-state index in [-0.39, 0.29) is 0 Å². The first-order valence-corrected chi connectivity index (χ1v) is 2.10. The van der Waals surface area contributed by atoms with E-state index in [0.29, 0.717) is 0 Å². The first kappa shape index (κ1) is 6.15. The normalized spacial score (nSPS) is 7.43. The summed E-state index contributed by atoms with van der Waals surface area (Å²) >= 11 is 0. The minimum atomic E-state index is 0.726. The smallest absolute Gasteiger partial charge is 0.0207 e. The molecule has 0 atom stereocenters. The Morgan fingerprint density at radius 1 is 1.71 bits per heavy atom. The Morgan fingerprint density at radius 2 is 2.29 bits per heavy atom. The van der Waals surface area contributed by atoms with Crippen molar-refractivity contribution in [3.05, 3.63) is 24.8 Å². The van der Waals surface area contributed by atoms with Gasteiger partial charge in [0.2, 0.25) is 0 Å².